The first kappa shape index (κ1) is 20.5. The van der Waals surface area contributed by atoms with Crippen LogP contribution in [0.5, 0.6) is 0 Å². The first-order valence-corrected chi connectivity index (χ1v) is 4.40. The van der Waals surface area contributed by atoms with Gasteiger partial charge in [-0.25, -0.2) is 0 Å². The Kier molecular flexibility index (Phi) is 14.6. The Bertz CT molecular complexity index is 183. The zero-order chi connectivity index (χ0) is 10.4. The van der Waals surface area contributed by atoms with E-state index in [1.807, 2.05) is 13.8 Å². The first-order valence-electron chi connectivity index (χ1n) is 4.40. The maximum atomic E-state index is 10.3. The topological polar surface area (TPSA) is 80.3 Å². The summed E-state index contributed by atoms with van der Waals surface area (Å²) >= 11 is 0. The van der Waals surface area contributed by atoms with Crippen LogP contribution in [0.1, 0.15) is 33.1 Å². The summed E-state index contributed by atoms with van der Waals surface area (Å²) in [6, 6.07) is 0. The van der Waals surface area contributed by atoms with Gasteiger partial charge < -0.3 is 19.8 Å². The molecule has 15 heavy (non-hydrogen) atoms. The molecule has 6 heteroatoms. The van der Waals surface area contributed by atoms with E-state index in [1.54, 1.807) is 0 Å². The third-order valence-corrected chi connectivity index (χ3v) is 1.99. The number of carbonyl (C=O) groups excluding carboxylic acids is 2. The molecule has 1 atom stereocenters. The zero-order valence-corrected chi connectivity index (χ0v) is 9.91. The van der Waals surface area contributed by atoms with Gasteiger partial charge in [0.1, 0.15) is 0 Å². The molecule has 0 saturated heterocycles. The molecule has 0 bridgehead atoms. The van der Waals surface area contributed by atoms with Gasteiger partial charge in [0.15, 0.2) is 0 Å². The normalized spacial score (nSPS) is 11.1. The van der Waals surface area contributed by atoms with Crippen LogP contribution in [-0.2, 0) is 9.59 Å². The van der Waals surface area contributed by atoms with Crippen LogP contribution in [0.15, 0.2) is 0 Å². The average molecular weight is 200 g/mol. The minimum absolute atomic E-state index is 0. The van der Waals surface area contributed by atoms with Gasteiger partial charge in [0.05, 0.1) is 11.9 Å². The number of hydrogen-bond donors (Lipinski definition) is 0. The molecule has 0 aliphatic rings. The van der Waals surface area contributed by atoms with Crippen LogP contribution >= 0.6 is 0 Å². The monoisotopic (exact) mass is 200 g/mol. The van der Waals surface area contributed by atoms with E-state index >= 15 is 0 Å². The van der Waals surface area contributed by atoms with E-state index in [0.29, 0.717) is 0 Å². The molecule has 0 fully saturated rings. The standard InChI is InChI=1S/C9H16O4.2Li/c1-3-4-6(2)5-7(8(10)11)9(12)13;;/h6-7H,3-5H2,1-2H3,(H,10,11)(H,12,13);;/q;2*+1/p-2. The molecule has 0 aromatic carbocycles. The molecule has 0 aliphatic carbocycles. The van der Waals surface area contributed by atoms with Gasteiger partial charge in [-0.15, -0.1) is 0 Å². The van der Waals surface area contributed by atoms with Gasteiger partial charge in [0.25, 0.3) is 0 Å². The number of rotatable bonds is 6. The van der Waals surface area contributed by atoms with Gasteiger partial charge >= 0.3 is 37.7 Å². The summed E-state index contributed by atoms with van der Waals surface area (Å²) in [6.07, 6.45) is 1.82. The third-order valence-electron chi connectivity index (χ3n) is 1.99. The predicted octanol–water partition coefficient (Wildman–Crippen LogP) is -7.06. The fraction of sp³-hybridized carbons (Fsp3) is 0.778. The molecule has 0 saturated carbocycles. The molecule has 76 valence electrons. The molecule has 0 radical (unpaired) electrons. The van der Waals surface area contributed by atoms with E-state index in [-0.39, 0.29) is 50.1 Å². The van der Waals surface area contributed by atoms with Gasteiger partial charge in [0, 0.05) is 5.92 Å². The number of carboxylic acid groups (broad SMARTS) is 2. The number of carboxylic acids is 2. The van der Waals surface area contributed by atoms with E-state index in [0.717, 1.165) is 12.8 Å². The third kappa shape index (κ3) is 9.09. The smallest absolute Gasteiger partial charge is 0.549 e. The second-order valence-corrected chi connectivity index (χ2v) is 3.32. The van der Waals surface area contributed by atoms with E-state index in [9.17, 15) is 19.8 Å². The maximum absolute atomic E-state index is 10.3. The van der Waals surface area contributed by atoms with Gasteiger partial charge in [-0.1, -0.05) is 26.7 Å². The summed E-state index contributed by atoms with van der Waals surface area (Å²) in [6.45, 7) is 3.78. The Hall–Kier alpha value is 0.135. The van der Waals surface area contributed by atoms with Crippen molar-refractivity contribution in [2.24, 2.45) is 11.8 Å². The molecule has 1 unspecified atom stereocenters. The molecular formula is C9H14Li2O4. The van der Waals surface area contributed by atoms with Crippen LogP contribution in [0.4, 0.5) is 0 Å². The molecule has 0 N–H and O–H groups in total. The Morgan fingerprint density at radius 2 is 1.53 bits per heavy atom. The van der Waals surface area contributed by atoms with Crippen LogP contribution in [-0.4, -0.2) is 11.9 Å². The number of aliphatic carboxylic acids is 2. The van der Waals surface area contributed by atoms with Gasteiger partial charge in [-0.05, 0) is 12.3 Å². The van der Waals surface area contributed by atoms with Crippen molar-refractivity contribution in [3.8, 4) is 0 Å². The van der Waals surface area contributed by atoms with Gasteiger partial charge in [-0.3, -0.25) is 0 Å². The van der Waals surface area contributed by atoms with Crippen LogP contribution < -0.4 is 47.9 Å². The van der Waals surface area contributed by atoms with Crippen molar-refractivity contribution in [2.45, 2.75) is 33.1 Å². The van der Waals surface area contributed by atoms with Crippen molar-refractivity contribution in [2.75, 3.05) is 0 Å². The Morgan fingerprint density at radius 1 is 1.13 bits per heavy atom. The molecule has 0 amide bonds. The zero-order valence-electron chi connectivity index (χ0n) is 9.91. The summed E-state index contributed by atoms with van der Waals surface area (Å²) in [5.41, 5.74) is 0. The molecule has 0 aromatic heterocycles. The van der Waals surface area contributed by atoms with E-state index in [2.05, 4.69) is 0 Å². The Morgan fingerprint density at radius 3 is 1.80 bits per heavy atom. The van der Waals surface area contributed by atoms with Crippen molar-refractivity contribution in [1.82, 2.24) is 0 Å². The van der Waals surface area contributed by atoms with E-state index in [4.69, 9.17) is 0 Å². The molecule has 4 nitrogen and oxygen atoms in total. The van der Waals surface area contributed by atoms with Crippen LogP contribution in [0.2, 0.25) is 0 Å². The molecule has 0 rings (SSSR count). The summed E-state index contributed by atoms with van der Waals surface area (Å²) < 4.78 is 0. The fourth-order valence-electron chi connectivity index (χ4n) is 1.30. The molecule has 0 heterocycles. The van der Waals surface area contributed by atoms with Crippen molar-refractivity contribution in [3.05, 3.63) is 0 Å². The molecule has 0 aromatic rings. The van der Waals surface area contributed by atoms with E-state index in [1.165, 1.54) is 0 Å². The Labute approximate surface area is 114 Å². The SMILES string of the molecule is CCCC(C)CC(C(=O)[O-])C(=O)[O-].[Li+].[Li+]. The summed E-state index contributed by atoms with van der Waals surface area (Å²) in [5.74, 6) is -4.50. The summed E-state index contributed by atoms with van der Waals surface area (Å²) in [4.78, 5) is 20.7. The minimum Gasteiger partial charge on any atom is -0.549 e. The van der Waals surface area contributed by atoms with Crippen molar-refractivity contribution in [1.29, 1.82) is 0 Å². The number of hydrogen-bond acceptors (Lipinski definition) is 4. The molecule has 0 aliphatic heterocycles. The second-order valence-electron chi connectivity index (χ2n) is 3.32. The van der Waals surface area contributed by atoms with Gasteiger partial charge in [0.2, 0.25) is 0 Å². The molecule has 0 spiro atoms. The van der Waals surface area contributed by atoms with Crippen LogP contribution in [0, 0.1) is 11.8 Å². The molecular weight excluding hydrogens is 186 g/mol. The maximum Gasteiger partial charge on any atom is 1.00 e. The first-order chi connectivity index (χ1) is 5.99. The average Bonchev–Trinajstić information content (AvgIpc) is 1.99. The quantitative estimate of drug-likeness (QED) is 0.315. The van der Waals surface area contributed by atoms with Crippen molar-refractivity contribution < 1.29 is 57.5 Å². The van der Waals surface area contributed by atoms with Crippen LogP contribution in [0.3, 0.4) is 0 Å². The Balaban J connectivity index is -0.000000720. The summed E-state index contributed by atoms with van der Waals surface area (Å²) in [5, 5.41) is 20.7. The minimum atomic E-state index is -1.55. The van der Waals surface area contributed by atoms with Crippen molar-refractivity contribution in [3.63, 3.8) is 0 Å². The van der Waals surface area contributed by atoms with Crippen molar-refractivity contribution >= 4 is 11.9 Å². The van der Waals surface area contributed by atoms with E-state index < -0.39 is 17.9 Å². The second kappa shape index (κ2) is 10.6. The summed E-state index contributed by atoms with van der Waals surface area (Å²) in [7, 11) is 0. The van der Waals surface area contributed by atoms with Crippen LogP contribution in [0.25, 0.3) is 0 Å². The fourth-order valence-corrected chi connectivity index (χ4v) is 1.30. The number of carbonyl (C=O) groups is 2. The predicted molar refractivity (Wildman–Crippen MR) is 42.2 cm³/mol. The van der Waals surface area contributed by atoms with Gasteiger partial charge in [-0.2, -0.15) is 0 Å². The largest absolute Gasteiger partial charge is 1.00 e.